The zero-order valence-electron chi connectivity index (χ0n) is 8.53. The van der Waals surface area contributed by atoms with Crippen molar-refractivity contribution in [2.24, 2.45) is 0 Å². The van der Waals surface area contributed by atoms with Gasteiger partial charge in [-0.15, -0.1) is 0 Å². The van der Waals surface area contributed by atoms with E-state index in [2.05, 4.69) is 9.44 Å². The highest BCUT2D eigenvalue weighted by Gasteiger charge is 2.29. The van der Waals surface area contributed by atoms with Crippen molar-refractivity contribution in [2.75, 3.05) is 0 Å². The van der Waals surface area contributed by atoms with Crippen molar-refractivity contribution in [3.8, 4) is 0 Å². The molecule has 2 fully saturated rings. The summed E-state index contributed by atoms with van der Waals surface area (Å²) in [6.07, 6.45) is 4.12. The van der Waals surface area contributed by atoms with Gasteiger partial charge in [0.15, 0.2) is 0 Å². The molecule has 2 aliphatic rings. The fourth-order valence-corrected chi connectivity index (χ4v) is 3.15. The molecule has 0 amide bonds. The summed E-state index contributed by atoms with van der Waals surface area (Å²) >= 11 is 0. The molecule has 6 heteroatoms. The van der Waals surface area contributed by atoms with Crippen LogP contribution in [0.3, 0.4) is 0 Å². The molecule has 15 heavy (non-hydrogen) atoms. The number of nitrogens with one attached hydrogen (secondary N) is 2. The normalized spacial score (nSPS) is 24.4. The van der Waals surface area contributed by atoms with E-state index in [-0.39, 0.29) is 17.9 Å². The first kappa shape index (κ1) is 11.0. The first-order valence-electron chi connectivity index (χ1n) is 5.36. The van der Waals surface area contributed by atoms with Crippen LogP contribution in [0.1, 0.15) is 38.5 Å². The van der Waals surface area contributed by atoms with Crippen molar-refractivity contribution in [2.45, 2.75) is 50.6 Å². The lowest BCUT2D eigenvalue weighted by atomic mass is 9.95. The highest BCUT2D eigenvalue weighted by atomic mass is 32.2. The summed E-state index contributed by atoms with van der Waals surface area (Å²) in [7, 11) is -3.35. The van der Waals surface area contributed by atoms with Crippen LogP contribution in [-0.2, 0) is 15.0 Å². The minimum absolute atomic E-state index is 0.0704. The van der Waals surface area contributed by atoms with Crippen LogP contribution in [0.15, 0.2) is 0 Å². The van der Waals surface area contributed by atoms with E-state index in [1.54, 1.807) is 0 Å². The summed E-state index contributed by atoms with van der Waals surface area (Å²) in [5.74, 6) is 0.237. The second-order valence-corrected chi connectivity index (χ2v) is 5.80. The Balaban J connectivity index is 1.82. The lowest BCUT2D eigenvalue weighted by Gasteiger charge is -2.21. The van der Waals surface area contributed by atoms with Gasteiger partial charge >= 0.3 is 0 Å². The molecule has 0 unspecified atom stereocenters. The number of Topliss-reactive ketones (excluding diaryl/α,β-unsaturated/α-hetero) is 1. The van der Waals surface area contributed by atoms with Crippen molar-refractivity contribution in [3.63, 3.8) is 0 Å². The first-order valence-corrected chi connectivity index (χ1v) is 6.85. The lowest BCUT2D eigenvalue weighted by molar-refractivity contribution is -0.120. The Labute approximate surface area is 89.8 Å². The molecule has 2 saturated carbocycles. The zero-order valence-corrected chi connectivity index (χ0v) is 9.35. The van der Waals surface area contributed by atoms with Crippen LogP contribution in [-0.4, -0.2) is 26.3 Å². The molecule has 0 aromatic heterocycles. The van der Waals surface area contributed by atoms with Crippen LogP contribution in [0.5, 0.6) is 0 Å². The predicted octanol–water partition coefficient (Wildman–Crippen LogP) is 0.0845. The Morgan fingerprint density at radius 3 is 1.87 bits per heavy atom. The topological polar surface area (TPSA) is 75.3 Å². The van der Waals surface area contributed by atoms with E-state index in [9.17, 15) is 13.2 Å². The lowest BCUT2D eigenvalue weighted by Crippen LogP contribution is -2.44. The minimum Gasteiger partial charge on any atom is -0.300 e. The van der Waals surface area contributed by atoms with Gasteiger partial charge in [-0.3, -0.25) is 4.79 Å². The molecular formula is C9H16N2O3S. The average molecular weight is 232 g/mol. The van der Waals surface area contributed by atoms with Gasteiger partial charge in [-0.1, -0.05) is 0 Å². The van der Waals surface area contributed by atoms with Crippen molar-refractivity contribution < 1.29 is 13.2 Å². The predicted molar refractivity (Wildman–Crippen MR) is 55.5 cm³/mol. The number of hydrogen-bond acceptors (Lipinski definition) is 3. The molecule has 0 aromatic carbocycles. The molecule has 0 bridgehead atoms. The third-order valence-electron chi connectivity index (χ3n) is 2.76. The molecule has 0 heterocycles. The van der Waals surface area contributed by atoms with Crippen LogP contribution in [0.2, 0.25) is 0 Å². The van der Waals surface area contributed by atoms with Crippen molar-refractivity contribution in [1.82, 2.24) is 9.44 Å². The fourth-order valence-electron chi connectivity index (χ4n) is 1.73. The van der Waals surface area contributed by atoms with Gasteiger partial charge in [0, 0.05) is 24.9 Å². The number of hydrogen-bond donors (Lipinski definition) is 2. The van der Waals surface area contributed by atoms with E-state index in [4.69, 9.17) is 0 Å². The molecule has 2 aliphatic carbocycles. The molecule has 0 spiro atoms. The standard InChI is InChI=1S/C9H16N2O3S/c12-9-5-3-8(4-6-9)11-15(13,14)10-7-1-2-7/h7-8,10-11H,1-6H2. The second-order valence-electron chi connectivity index (χ2n) is 4.33. The Kier molecular flexibility index (Phi) is 3.08. The summed E-state index contributed by atoms with van der Waals surface area (Å²) in [5.41, 5.74) is 0. The Hall–Kier alpha value is -0.460. The summed E-state index contributed by atoms with van der Waals surface area (Å²) in [6.45, 7) is 0. The van der Waals surface area contributed by atoms with Crippen LogP contribution in [0.25, 0.3) is 0 Å². The quantitative estimate of drug-likeness (QED) is 0.721. The maximum Gasteiger partial charge on any atom is 0.277 e. The van der Waals surface area contributed by atoms with Gasteiger partial charge in [-0.05, 0) is 25.7 Å². The number of ketones is 1. The number of carbonyl (C=O) groups is 1. The van der Waals surface area contributed by atoms with E-state index in [0.29, 0.717) is 25.7 Å². The van der Waals surface area contributed by atoms with Crippen LogP contribution in [0.4, 0.5) is 0 Å². The molecular weight excluding hydrogens is 216 g/mol. The Morgan fingerprint density at radius 2 is 1.40 bits per heavy atom. The third-order valence-corrected chi connectivity index (χ3v) is 4.05. The molecule has 0 aliphatic heterocycles. The van der Waals surface area contributed by atoms with Gasteiger partial charge < -0.3 is 0 Å². The van der Waals surface area contributed by atoms with E-state index in [0.717, 1.165) is 12.8 Å². The molecule has 2 rings (SSSR count). The largest absolute Gasteiger partial charge is 0.300 e. The van der Waals surface area contributed by atoms with Gasteiger partial charge in [-0.2, -0.15) is 17.9 Å². The van der Waals surface area contributed by atoms with Crippen LogP contribution in [0, 0.1) is 0 Å². The smallest absolute Gasteiger partial charge is 0.277 e. The second kappa shape index (κ2) is 4.19. The first-order chi connectivity index (χ1) is 7.05. The SMILES string of the molecule is O=C1CCC(NS(=O)(=O)NC2CC2)CC1. The molecule has 0 atom stereocenters. The minimum atomic E-state index is -3.35. The summed E-state index contributed by atoms with van der Waals surface area (Å²) in [6, 6.07) is 0.0617. The third kappa shape index (κ3) is 3.55. The van der Waals surface area contributed by atoms with Gasteiger partial charge in [0.05, 0.1) is 0 Å². The molecule has 5 nitrogen and oxygen atoms in total. The Bertz CT molecular complexity index is 338. The molecule has 0 aromatic rings. The van der Waals surface area contributed by atoms with E-state index in [1.165, 1.54) is 0 Å². The summed E-state index contributed by atoms with van der Waals surface area (Å²) in [4.78, 5) is 11.0. The monoisotopic (exact) mass is 232 g/mol. The van der Waals surface area contributed by atoms with E-state index < -0.39 is 10.2 Å². The molecule has 0 radical (unpaired) electrons. The van der Waals surface area contributed by atoms with Gasteiger partial charge in [0.1, 0.15) is 5.78 Å². The maximum atomic E-state index is 11.5. The number of carbonyl (C=O) groups excluding carboxylic acids is 1. The van der Waals surface area contributed by atoms with Crippen molar-refractivity contribution in [3.05, 3.63) is 0 Å². The zero-order chi connectivity index (χ0) is 10.9. The molecule has 0 saturated heterocycles. The Morgan fingerprint density at radius 1 is 0.933 bits per heavy atom. The summed E-state index contributed by atoms with van der Waals surface area (Å²) in [5, 5.41) is 0. The average Bonchev–Trinajstić information content (AvgIpc) is 2.91. The highest BCUT2D eigenvalue weighted by molar-refractivity contribution is 7.87. The summed E-state index contributed by atoms with van der Waals surface area (Å²) < 4.78 is 28.2. The van der Waals surface area contributed by atoms with Gasteiger partial charge in [-0.25, -0.2) is 0 Å². The number of rotatable bonds is 4. The van der Waals surface area contributed by atoms with Crippen LogP contribution >= 0.6 is 0 Å². The maximum absolute atomic E-state index is 11.5. The molecule has 2 N–H and O–H groups in total. The van der Waals surface area contributed by atoms with Crippen LogP contribution < -0.4 is 9.44 Å². The van der Waals surface area contributed by atoms with Crippen molar-refractivity contribution >= 4 is 16.0 Å². The van der Waals surface area contributed by atoms with E-state index in [1.807, 2.05) is 0 Å². The fraction of sp³-hybridized carbons (Fsp3) is 0.889. The van der Waals surface area contributed by atoms with Gasteiger partial charge in [0.2, 0.25) is 0 Å². The van der Waals surface area contributed by atoms with E-state index >= 15 is 0 Å². The molecule has 86 valence electrons. The van der Waals surface area contributed by atoms with Crippen molar-refractivity contribution in [1.29, 1.82) is 0 Å². The highest BCUT2D eigenvalue weighted by Crippen LogP contribution is 2.20. The van der Waals surface area contributed by atoms with Gasteiger partial charge in [0.25, 0.3) is 10.2 Å².